The minimum atomic E-state index is -0.318. The standard InChI is InChI=1S/C16H19FN4OS2/c1-4-21(9-11(2)3)14(22)10-23-16-20-19-15(24-16)18-13-7-5-6-12(17)8-13/h5-8H,2,4,9-10H2,1,3H3,(H,18,19). The van der Waals surface area contributed by atoms with Gasteiger partial charge in [-0.15, -0.1) is 10.2 Å². The first-order valence-electron chi connectivity index (χ1n) is 7.39. The third-order valence-corrected chi connectivity index (χ3v) is 4.95. The Morgan fingerprint density at radius 1 is 1.46 bits per heavy atom. The van der Waals surface area contributed by atoms with Gasteiger partial charge in [0.25, 0.3) is 0 Å². The van der Waals surface area contributed by atoms with Crippen LogP contribution in [0.5, 0.6) is 0 Å². The van der Waals surface area contributed by atoms with Gasteiger partial charge in [0.1, 0.15) is 5.82 Å². The number of amides is 1. The van der Waals surface area contributed by atoms with Crippen molar-refractivity contribution in [3.63, 3.8) is 0 Å². The van der Waals surface area contributed by atoms with Crippen molar-refractivity contribution in [3.8, 4) is 0 Å². The predicted octanol–water partition coefficient (Wildman–Crippen LogP) is 3.94. The van der Waals surface area contributed by atoms with Crippen LogP contribution in [0, 0.1) is 5.82 Å². The molecule has 0 saturated heterocycles. The van der Waals surface area contributed by atoms with Gasteiger partial charge >= 0.3 is 0 Å². The Kier molecular flexibility index (Phi) is 6.74. The van der Waals surface area contributed by atoms with Crippen molar-refractivity contribution in [1.82, 2.24) is 15.1 Å². The first-order valence-corrected chi connectivity index (χ1v) is 9.19. The van der Waals surface area contributed by atoms with Gasteiger partial charge in [-0.3, -0.25) is 4.79 Å². The maximum atomic E-state index is 13.2. The Labute approximate surface area is 149 Å². The summed E-state index contributed by atoms with van der Waals surface area (Å²) >= 11 is 2.67. The second-order valence-electron chi connectivity index (χ2n) is 5.16. The number of benzene rings is 1. The van der Waals surface area contributed by atoms with Crippen LogP contribution in [0.4, 0.5) is 15.2 Å². The van der Waals surface area contributed by atoms with E-state index in [9.17, 15) is 9.18 Å². The summed E-state index contributed by atoms with van der Waals surface area (Å²) < 4.78 is 13.8. The zero-order valence-corrected chi connectivity index (χ0v) is 15.2. The van der Waals surface area contributed by atoms with E-state index in [1.807, 2.05) is 13.8 Å². The van der Waals surface area contributed by atoms with Gasteiger partial charge in [-0.05, 0) is 32.0 Å². The molecule has 1 aromatic heterocycles. The number of anilines is 2. The topological polar surface area (TPSA) is 58.1 Å². The largest absolute Gasteiger partial charge is 0.338 e. The number of carbonyl (C=O) groups is 1. The Balaban J connectivity index is 1.89. The van der Waals surface area contributed by atoms with Gasteiger partial charge in [-0.25, -0.2) is 4.39 Å². The summed E-state index contributed by atoms with van der Waals surface area (Å²) in [6, 6.07) is 6.13. The van der Waals surface area contributed by atoms with E-state index in [1.54, 1.807) is 17.0 Å². The number of aromatic nitrogens is 2. The average Bonchev–Trinajstić information content (AvgIpc) is 2.97. The number of nitrogens with one attached hydrogen (secondary N) is 1. The van der Waals surface area contributed by atoms with E-state index in [2.05, 4.69) is 22.1 Å². The second kappa shape index (κ2) is 8.79. The van der Waals surface area contributed by atoms with E-state index in [1.165, 1.54) is 35.2 Å². The maximum absolute atomic E-state index is 13.2. The van der Waals surface area contributed by atoms with Gasteiger partial charge < -0.3 is 10.2 Å². The second-order valence-corrected chi connectivity index (χ2v) is 7.36. The average molecular weight is 366 g/mol. The number of nitrogens with zero attached hydrogens (tertiary/aromatic N) is 3. The Bertz CT molecular complexity index is 720. The van der Waals surface area contributed by atoms with Crippen molar-refractivity contribution in [1.29, 1.82) is 0 Å². The molecule has 2 rings (SSSR count). The number of likely N-dealkylation sites (N-methyl/N-ethyl adjacent to an activating group) is 1. The zero-order chi connectivity index (χ0) is 17.5. The summed E-state index contributed by atoms with van der Waals surface area (Å²) in [5.74, 6) is 0.0256. The molecule has 5 nitrogen and oxygen atoms in total. The molecule has 1 heterocycles. The van der Waals surface area contributed by atoms with Crippen molar-refractivity contribution >= 4 is 39.8 Å². The van der Waals surface area contributed by atoms with Gasteiger partial charge in [0.05, 0.1) is 5.75 Å². The monoisotopic (exact) mass is 366 g/mol. The summed E-state index contributed by atoms with van der Waals surface area (Å²) in [4.78, 5) is 13.9. The number of carbonyl (C=O) groups excluding carboxylic acids is 1. The first kappa shape index (κ1) is 18.4. The molecule has 0 aliphatic carbocycles. The van der Waals surface area contributed by atoms with Gasteiger partial charge in [0.15, 0.2) is 4.34 Å². The lowest BCUT2D eigenvalue weighted by molar-refractivity contribution is -0.127. The van der Waals surface area contributed by atoms with Crippen molar-refractivity contribution in [2.75, 3.05) is 24.2 Å². The van der Waals surface area contributed by atoms with Crippen LogP contribution < -0.4 is 5.32 Å². The molecular formula is C16H19FN4OS2. The van der Waals surface area contributed by atoms with Gasteiger partial charge in [-0.2, -0.15) is 0 Å². The molecule has 0 atom stereocenters. The molecule has 1 aromatic carbocycles. The lowest BCUT2D eigenvalue weighted by Crippen LogP contribution is -2.33. The van der Waals surface area contributed by atoms with E-state index in [0.717, 1.165) is 5.57 Å². The number of thioether (sulfide) groups is 1. The molecular weight excluding hydrogens is 347 g/mol. The number of hydrogen-bond donors (Lipinski definition) is 1. The van der Waals surface area contributed by atoms with Crippen molar-refractivity contribution < 1.29 is 9.18 Å². The first-order chi connectivity index (χ1) is 11.5. The highest BCUT2D eigenvalue weighted by Crippen LogP contribution is 2.28. The van der Waals surface area contributed by atoms with Crippen LogP contribution in [0.1, 0.15) is 13.8 Å². The lowest BCUT2D eigenvalue weighted by Gasteiger charge is -2.20. The SMILES string of the molecule is C=C(C)CN(CC)C(=O)CSc1nnc(Nc2cccc(F)c2)s1. The molecule has 0 saturated carbocycles. The molecule has 0 spiro atoms. The number of hydrogen-bond acceptors (Lipinski definition) is 6. The number of rotatable bonds is 8. The summed E-state index contributed by atoms with van der Waals surface area (Å²) in [6.45, 7) is 8.90. The fraction of sp³-hybridized carbons (Fsp3) is 0.312. The molecule has 0 bridgehead atoms. The van der Waals surface area contributed by atoms with Crippen LogP contribution in [0.15, 0.2) is 40.8 Å². The fourth-order valence-corrected chi connectivity index (χ4v) is 3.60. The molecule has 0 aliphatic heterocycles. The van der Waals surface area contributed by atoms with Crippen LogP contribution in [0.3, 0.4) is 0 Å². The Morgan fingerprint density at radius 3 is 2.92 bits per heavy atom. The molecule has 0 radical (unpaired) electrons. The van der Waals surface area contributed by atoms with Gasteiger partial charge in [0.2, 0.25) is 11.0 Å². The lowest BCUT2D eigenvalue weighted by atomic mass is 10.3. The molecule has 128 valence electrons. The van der Waals surface area contributed by atoms with Crippen molar-refractivity contribution in [2.24, 2.45) is 0 Å². The molecule has 0 fully saturated rings. The van der Waals surface area contributed by atoms with Crippen LogP contribution >= 0.6 is 23.1 Å². The molecule has 8 heteroatoms. The van der Waals surface area contributed by atoms with Crippen LogP contribution in [0.25, 0.3) is 0 Å². The van der Waals surface area contributed by atoms with Crippen LogP contribution in [-0.2, 0) is 4.79 Å². The van der Waals surface area contributed by atoms with E-state index in [4.69, 9.17) is 0 Å². The molecule has 1 N–H and O–H groups in total. The fourth-order valence-electron chi connectivity index (χ4n) is 1.93. The van der Waals surface area contributed by atoms with Crippen LogP contribution in [-0.4, -0.2) is 39.8 Å². The third kappa shape index (κ3) is 5.61. The highest BCUT2D eigenvalue weighted by atomic mass is 32.2. The molecule has 2 aromatic rings. The third-order valence-electron chi connectivity index (χ3n) is 3.00. The van der Waals surface area contributed by atoms with E-state index >= 15 is 0 Å². The summed E-state index contributed by atoms with van der Waals surface area (Å²) in [6.07, 6.45) is 0. The number of halogens is 1. The van der Waals surface area contributed by atoms with E-state index in [0.29, 0.717) is 34.0 Å². The quantitative estimate of drug-likeness (QED) is 0.566. The Morgan fingerprint density at radius 2 is 2.25 bits per heavy atom. The van der Waals surface area contributed by atoms with Gasteiger partial charge in [-0.1, -0.05) is 41.3 Å². The van der Waals surface area contributed by atoms with E-state index < -0.39 is 0 Å². The van der Waals surface area contributed by atoms with Crippen molar-refractivity contribution in [2.45, 2.75) is 18.2 Å². The smallest absolute Gasteiger partial charge is 0.233 e. The minimum absolute atomic E-state index is 0.0420. The summed E-state index contributed by atoms with van der Waals surface area (Å²) in [5, 5.41) is 11.6. The highest BCUT2D eigenvalue weighted by Gasteiger charge is 2.14. The summed E-state index contributed by atoms with van der Waals surface area (Å²) in [7, 11) is 0. The van der Waals surface area contributed by atoms with Crippen LogP contribution in [0.2, 0.25) is 0 Å². The van der Waals surface area contributed by atoms with E-state index in [-0.39, 0.29) is 11.7 Å². The normalized spacial score (nSPS) is 10.5. The predicted molar refractivity (Wildman–Crippen MR) is 97.4 cm³/mol. The highest BCUT2D eigenvalue weighted by molar-refractivity contribution is 8.01. The summed E-state index contributed by atoms with van der Waals surface area (Å²) in [5.41, 5.74) is 1.56. The maximum Gasteiger partial charge on any atom is 0.233 e. The Hall–Kier alpha value is -1.93. The molecule has 0 unspecified atom stereocenters. The zero-order valence-electron chi connectivity index (χ0n) is 13.6. The molecule has 1 amide bonds. The molecule has 24 heavy (non-hydrogen) atoms. The van der Waals surface area contributed by atoms with Gasteiger partial charge in [0, 0.05) is 18.8 Å². The minimum Gasteiger partial charge on any atom is -0.338 e. The van der Waals surface area contributed by atoms with Crippen molar-refractivity contribution in [3.05, 3.63) is 42.2 Å². The molecule has 0 aliphatic rings.